The summed E-state index contributed by atoms with van der Waals surface area (Å²) >= 11 is 3.11. The molecule has 2 aromatic rings. The highest BCUT2D eigenvalue weighted by Crippen LogP contribution is 2.32. The Kier molecular flexibility index (Phi) is 3.66. The first-order chi connectivity index (χ1) is 8.95. The first kappa shape index (κ1) is 13.3. The lowest BCUT2D eigenvalue weighted by atomic mass is 10.2. The minimum atomic E-state index is -0.581. The number of phenolic OH excluding ortho intramolecular Hbond substituents is 1. The van der Waals surface area contributed by atoms with E-state index in [4.69, 9.17) is 4.74 Å². The van der Waals surface area contributed by atoms with Crippen LogP contribution in [-0.4, -0.2) is 15.0 Å². The first-order valence-electron chi connectivity index (χ1n) is 5.24. The maximum atomic E-state index is 10.9. The van der Waals surface area contributed by atoms with Crippen LogP contribution in [0.2, 0.25) is 0 Å². The van der Waals surface area contributed by atoms with Crippen molar-refractivity contribution in [3.05, 3.63) is 50.6 Å². The number of pyridine rings is 1. The van der Waals surface area contributed by atoms with Crippen LogP contribution in [0.4, 0.5) is 5.69 Å². The minimum Gasteiger partial charge on any atom is -0.508 e. The summed E-state index contributed by atoms with van der Waals surface area (Å²) in [5.74, 6) is 0.184. The van der Waals surface area contributed by atoms with Crippen molar-refractivity contribution in [2.45, 2.75) is 6.92 Å². The van der Waals surface area contributed by atoms with Gasteiger partial charge < -0.3 is 9.84 Å². The molecule has 0 radical (unpaired) electrons. The molecule has 0 atom stereocenters. The van der Waals surface area contributed by atoms with Crippen molar-refractivity contribution in [3.8, 4) is 17.4 Å². The number of benzene rings is 1. The third-order valence-corrected chi connectivity index (χ3v) is 2.68. The molecule has 0 saturated heterocycles. The molecule has 0 aliphatic rings. The van der Waals surface area contributed by atoms with E-state index < -0.39 is 4.92 Å². The number of nitro groups is 1. The molecule has 7 heteroatoms. The molecule has 2 rings (SSSR count). The molecular weight excluding hydrogens is 316 g/mol. The molecule has 6 nitrogen and oxygen atoms in total. The third kappa shape index (κ3) is 3.19. The molecule has 0 aliphatic heterocycles. The number of phenols is 1. The molecule has 0 saturated carbocycles. The van der Waals surface area contributed by atoms with Gasteiger partial charge in [0.1, 0.15) is 11.5 Å². The van der Waals surface area contributed by atoms with E-state index in [-0.39, 0.29) is 23.1 Å². The molecule has 0 fully saturated rings. The van der Waals surface area contributed by atoms with Crippen LogP contribution in [0.15, 0.2) is 34.9 Å². The summed E-state index contributed by atoms with van der Waals surface area (Å²) in [6.07, 6.45) is 1.40. The third-order valence-electron chi connectivity index (χ3n) is 2.25. The fourth-order valence-corrected chi connectivity index (χ4v) is 1.84. The Morgan fingerprint density at radius 2 is 2.11 bits per heavy atom. The normalized spacial score (nSPS) is 10.2. The second kappa shape index (κ2) is 5.23. The van der Waals surface area contributed by atoms with Gasteiger partial charge in [0.05, 0.1) is 4.92 Å². The Labute approximate surface area is 117 Å². The second-order valence-corrected chi connectivity index (χ2v) is 4.76. The van der Waals surface area contributed by atoms with Gasteiger partial charge in [-0.3, -0.25) is 10.1 Å². The van der Waals surface area contributed by atoms with Crippen molar-refractivity contribution in [1.29, 1.82) is 0 Å². The lowest BCUT2D eigenvalue weighted by Gasteiger charge is -2.06. The molecule has 1 aromatic heterocycles. The average Bonchev–Trinajstić information content (AvgIpc) is 2.30. The van der Waals surface area contributed by atoms with E-state index >= 15 is 0 Å². The SMILES string of the molecule is Cc1cc(O)cc(Oc2ncc(Br)cc2[N+](=O)[O-])c1. The van der Waals surface area contributed by atoms with Gasteiger partial charge in [0, 0.05) is 22.8 Å². The van der Waals surface area contributed by atoms with Crippen molar-refractivity contribution < 1.29 is 14.8 Å². The largest absolute Gasteiger partial charge is 0.508 e. The Hall–Kier alpha value is -2.15. The molecule has 1 heterocycles. The topological polar surface area (TPSA) is 85.5 Å². The molecule has 0 spiro atoms. The summed E-state index contributed by atoms with van der Waals surface area (Å²) in [5.41, 5.74) is 0.519. The number of nitrogens with zero attached hydrogens (tertiary/aromatic N) is 2. The highest BCUT2D eigenvalue weighted by molar-refractivity contribution is 9.10. The highest BCUT2D eigenvalue weighted by Gasteiger charge is 2.18. The minimum absolute atomic E-state index is 0.0229. The van der Waals surface area contributed by atoms with E-state index in [2.05, 4.69) is 20.9 Å². The summed E-state index contributed by atoms with van der Waals surface area (Å²) in [6.45, 7) is 1.77. The summed E-state index contributed by atoms with van der Waals surface area (Å²) in [6, 6.07) is 5.86. The van der Waals surface area contributed by atoms with E-state index in [1.54, 1.807) is 19.1 Å². The number of rotatable bonds is 3. The van der Waals surface area contributed by atoms with Crippen molar-refractivity contribution in [2.24, 2.45) is 0 Å². The summed E-state index contributed by atoms with van der Waals surface area (Å²) in [4.78, 5) is 14.2. The fourth-order valence-electron chi connectivity index (χ4n) is 1.52. The number of hydrogen-bond donors (Lipinski definition) is 1. The number of aryl methyl sites for hydroxylation is 1. The standard InChI is InChI=1S/C12H9BrN2O4/c1-7-2-9(16)5-10(3-7)19-12-11(15(17)18)4-8(13)6-14-12/h2-6,16H,1H3. The van der Waals surface area contributed by atoms with Gasteiger partial charge in [-0.25, -0.2) is 4.98 Å². The summed E-state index contributed by atoms with van der Waals surface area (Å²) < 4.78 is 5.84. The maximum absolute atomic E-state index is 10.9. The van der Waals surface area contributed by atoms with Crippen LogP contribution in [-0.2, 0) is 0 Å². The van der Waals surface area contributed by atoms with Crippen LogP contribution < -0.4 is 4.74 Å². The molecule has 0 bridgehead atoms. The maximum Gasteiger partial charge on any atom is 0.332 e. The summed E-state index contributed by atoms with van der Waals surface area (Å²) in [5, 5.41) is 20.4. The van der Waals surface area contributed by atoms with E-state index in [9.17, 15) is 15.2 Å². The van der Waals surface area contributed by atoms with E-state index in [0.717, 1.165) is 5.56 Å². The molecule has 98 valence electrons. The van der Waals surface area contributed by atoms with Gasteiger partial charge in [-0.05, 0) is 40.5 Å². The second-order valence-electron chi connectivity index (χ2n) is 3.84. The molecular formula is C12H9BrN2O4. The van der Waals surface area contributed by atoms with Gasteiger partial charge in [0.25, 0.3) is 5.88 Å². The average molecular weight is 325 g/mol. The number of hydrogen-bond acceptors (Lipinski definition) is 5. The van der Waals surface area contributed by atoms with E-state index in [0.29, 0.717) is 4.47 Å². The van der Waals surface area contributed by atoms with Gasteiger partial charge in [0.2, 0.25) is 0 Å². The number of halogens is 1. The van der Waals surface area contributed by atoms with E-state index in [1.165, 1.54) is 18.3 Å². The zero-order chi connectivity index (χ0) is 14.0. The van der Waals surface area contributed by atoms with Crippen molar-refractivity contribution in [3.63, 3.8) is 0 Å². The van der Waals surface area contributed by atoms with Crippen LogP contribution in [0.1, 0.15) is 5.56 Å². The molecule has 0 unspecified atom stereocenters. The first-order valence-corrected chi connectivity index (χ1v) is 6.03. The molecule has 1 aromatic carbocycles. The van der Waals surface area contributed by atoms with Gasteiger partial charge in [0.15, 0.2) is 0 Å². The van der Waals surface area contributed by atoms with Crippen LogP contribution >= 0.6 is 15.9 Å². The van der Waals surface area contributed by atoms with Crippen LogP contribution in [0.5, 0.6) is 17.4 Å². The van der Waals surface area contributed by atoms with Gasteiger partial charge in [-0.1, -0.05) is 0 Å². The van der Waals surface area contributed by atoms with Gasteiger partial charge >= 0.3 is 5.69 Å². The lowest BCUT2D eigenvalue weighted by molar-refractivity contribution is -0.386. The van der Waals surface area contributed by atoms with Crippen molar-refractivity contribution in [2.75, 3.05) is 0 Å². The zero-order valence-corrected chi connectivity index (χ0v) is 11.4. The van der Waals surface area contributed by atoms with Crippen molar-refractivity contribution in [1.82, 2.24) is 4.98 Å². The van der Waals surface area contributed by atoms with E-state index in [1.807, 2.05) is 0 Å². The Morgan fingerprint density at radius 3 is 2.74 bits per heavy atom. The Balaban J connectivity index is 2.40. The number of aromatic nitrogens is 1. The molecule has 0 aliphatic carbocycles. The summed E-state index contributed by atoms with van der Waals surface area (Å²) in [7, 11) is 0. The smallest absolute Gasteiger partial charge is 0.332 e. The van der Waals surface area contributed by atoms with Crippen LogP contribution in [0.3, 0.4) is 0 Å². The van der Waals surface area contributed by atoms with Crippen molar-refractivity contribution >= 4 is 21.6 Å². The Bertz CT molecular complexity index is 625. The zero-order valence-electron chi connectivity index (χ0n) is 9.83. The highest BCUT2D eigenvalue weighted by atomic mass is 79.9. The fraction of sp³-hybridized carbons (Fsp3) is 0.0833. The monoisotopic (exact) mass is 324 g/mol. The lowest BCUT2D eigenvalue weighted by Crippen LogP contribution is -1.96. The number of aromatic hydroxyl groups is 1. The predicted octanol–water partition coefficient (Wildman–Crippen LogP) is 3.56. The Morgan fingerprint density at radius 1 is 1.37 bits per heavy atom. The quantitative estimate of drug-likeness (QED) is 0.689. The predicted molar refractivity (Wildman–Crippen MR) is 71.5 cm³/mol. The van der Waals surface area contributed by atoms with Gasteiger partial charge in [-0.2, -0.15) is 0 Å². The molecule has 19 heavy (non-hydrogen) atoms. The number of ether oxygens (including phenoxy) is 1. The molecule has 1 N–H and O–H groups in total. The van der Waals surface area contributed by atoms with Gasteiger partial charge in [-0.15, -0.1) is 0 Å². The molecule has 0 amide bonds. The van der Waals surface area contributed by atoms with Crippen LogP contribution in [0, 0.1) is 17.0 Å². The van der Waals surface area contributed by atoms with Crippen LogP contribution in [0.25, 0.3) is 0 Å².